The van der Waals surface area contributed by atoms with E-state index in [0.29, 0.717) is 46.7 Å². The summed E-state index contributed by atoms with van der Waals surface area (Å²) >= 11 is 0. The second-order valence-corrected chi connectivity index (χ2v) is 8.22. The van der Waals surface area contributed by atoms with Crippen LogP contribution in [0, 0.1) is 5.82 Å². The van der Waals surface area contributed by atoms with Crippen molar-refractivity contribution in [3.63, 3.8) is 0 Å². The lowest BCUT2D eigenvalue weighted by Gasteiger charge is -2.25. The highest BCUT2D eigenvalue weighted by molar-refractivity contribution is 6.03. The number of rotatable bonds is 5. The van der Waals surface area contributed by atoms with Crippen molar-refractivity contribution in [2.45, 2.75) is 51.2 Å². The van der Waals surface area contributed by atoms with Crippen LogP contribution in [0.25, 0.3) is 33.6 Å². The first-order chi connectivity index (χ1) is 15.6. The number of furan rings is 1. The summed E-state index contributed by atoms with van der Waals surface area (Å²) in [4.78, 5) is 8.69. The van der Waals surface area contributed by atoms with Crippen molar-refractivity contribution in [1.29, 1.82) is 0 Å². The molecule has 5 nitrogen and oxygen atoms in total. The van der Waals surface area contributed by atoms with Gasteiger partial charge in [-0.05, 0) is 48.9 Å². The van der Waals surface area contributed by atoms with Gasteiger partial charge in [0, 0.05) is 12.0 Å². The minimum absolute atomic E-state index is 0.202. The molecule has 1 aliphatic rings. The molecule has 0 amide bonds. The summed E-state index contributed by atoms with van der Waals surface area (Å²) in [6, 6.07) is 14.6. The molecule has 6 heteroatoms. The average Bonchev–Trinajstić information content (AvgIpc) is 3.20. The standard InChI is InChI=1S/C26H24FN2O3/c1-2-16-10-12-17(13-11-16)22-23-25(31-19-7-5-6-18(30)14-19)28-15-29-26(23)32-24(22)20-8-3-4-9-21(20)27/h3-4,8-13,15,18-19H,2,5-7,14H2,1H3/t18-,19+/m1/s1. The summed E-state index contributed by atoms with van der Waals surface area (Å²) < 4.78 is 27.1. The summed E-state index contributed by atoms with van der Waals surface area (Å²) in [5.74, 6) is 0.378. The number of benzene rings is 2. The van der Waals surface area contributed by atoms with Crippen molar-refractivity contribution in [3.05, 3.63) is 66.2 Å². The van der Waals surface area contributed by atoms with Gasteiger partial charge in [-0.3, -0.25) is 0 Å². The maximum atomic E-state index is 14.8. The Balaban J connectivity index is 1.70. The predicted octanol–water partition coefficient (Wildman–Crippen LogP) is 6.38. The zero-order valence-corrected chi connectivity index (χ0v) is 17.9. The lowest BCUT2D eigenvalue weighted by Crippen LogP contribution is -2.27. The molecule has 0 unspecified atom stereocenters. The van der Waals surface area contributed by atoms with Gasteiger partial charge in [-0.25, -0.2) is 19.5 Å². The van der Waals surface area contributed by atoms with Crippen LogP contribution < -0.4 is 4.74 Å². The zero-order valence-electron chi connectivity index (χ0n) is 17.9. The Morgan fingerprint density at radius 3 is 2.66 bits per heavy atom. The van der Waals surface area contributed by atoms with Crippen LogP contribution in [0.4, 0.5) is 4.39 Å². The fourth-order valence-electron chi connectivity index (χ4n) is 4.38. The number of fused-ring (bicyclic) bond motifs is 1. The number of hydrogen-bond donors (Lipinski definition) is 0. The van der Waals surface area contributed by atoms with E-state index in [9.17, 15) is 9.50 Å². The lowest BCUT2D eigenvalue weighted by molar-refractivity contribution is 0.00797. The molecule has 0 saturated heterocycles. The van der Waals surface area contributed by atoms with Crippen LogP contribution in [0.1, 0.15) is 38.2 Å². The quantitative estimate of drug-likeness (QED) is 0.368. The minimum Gasteiger partial charge on any atom is -0.474 e. The molecule has 1 fully saturated rings. The maximum absolute atomic E-state index is 14.8. The first kappa shape index (κ1) is 20.6. The normalized spacial score (nSPS) is 18.7. The average molecular weight is 431 g/mol. The molecule has 1 aliphatic carbocycles. The molecule has 0 N–H and O–H groups in total. The van der Waals surface area contributed by atoms with Crippen LogP contribution >= 0.6 is 0 Å². The van der Waals surface area contributed by atoms with Crippen molar-refractivity contribution in [1.82, 2.24) is 9.97 Å². The number of hydrogen-bond acceptors (Lipinski definition) is 4. The second kappa shape index (κ2) is 8.71. The summed E-state index contributed by atoms with van der Waals surface area (Å²) in [5.41, 5.74) is 3.44. The van der Waals surface area contributed by atoms with E-state index in [1.807, 2.05) is 24.3 Å². The molecule has 32 heavy (non-hydrogen) atoms. The van der Waals surface area contributed by atoms with Crippen LogP contribution in [0.5, 0.6) is 5.88 Å². The first-order valence-electron chi connectivity index (χ1n) is 11.1. The van der Waals surface area contributed by atoms with Crippen molar-refractivity contribution in [3.8, 4) is 28.3 Å². The number of halogens is 1. The molecule has 4 aromatic rings. The van der Waals surface area contributed by atoms with E-state index < -0.39 is 6.10 Å². The summed E-state index contributed by atoms with van der Waals surface area (Å²) in [5, 5.41) is 12.6. The maximum Gasteiger partial charge on any atom is 0.234 e. The molecule has 2 atom stereocenters. The minimum atomic E-state index is -0.620. The Morgan fingerprint density at radius 2 is 1.91 bits per heavy atom. The molecule has 0 aliphatic heterocycles. The van der Waals surface area contributed by atoms with Crippen LogP contribution in [-0.2, 0) is 11.5 Å². The molecule has 0 bridgehead atoms. The van der Waals surface area contributed by atoms with Gasteiger partial charge in [0.05, 0.1) is 11.7 Å². The third-order valence-electron chi connectivity index (χ3n) is 6.08. The first-order valence-corrected chi connectivity index (χ1v) is 11.1. The van der Waals surface area contributed by atoms with Crippen LogP contribution in [-0.4, -0.2) is 22.2 Å². The van der Waals surface area contributed by atoms with Gasteiger partial charge in [0.2, 0.25) is 11.6 Å². The van der Waals surface area contributed by atoms with Crippen LogP contribution in [0.15, 0.2) is 59.3 Å². The van der Waals surface area contributed by atoms with Crippen LogP contribution in [0.2, 0.25) is 0 Å². The van der Waals surface area contributed by atoms with Crippen molar-refractivity contribution >= 4 is 11.1 Å². The highest BCUT2D eigenvalue weighted by atomic mass is 19.1. The predicted molar refractivity (Wildman–Crippen MR) is 119 cm³/mol. The smallest absolute Gasteiger partial charge is 0.234 e. The molecular weight excluding hydrogens is 407 g/mol. The van der Waals surface area contributed by atoms with E-state index >= 15 is 0 Å². The van der Waals surface area contributed by atoms with E-state index in [0.717, 1.165) is 24.8 Å². The molecule has 2 heterocycles. The third-order valence-corrected chi connectivity index (χ3v) is 6.08. The molecular formula is C26H24FN2O3. The Hall–Kier alpha value is -3.25. The monoisotopic (exact) mass is 431 g/mol. The van der Waals surface area contributed by atoms with E-state index in [4.69, 9.17) is 9.15 Å². The Kier molecular flexibility index (Phi) is 5.62. The van der Waals surface area contributed by atoms with Crippen LogP contribution in [0.3, 0.4) is 0 Å². The molecule has 5 rings (SSSR count). The van der Waals surface area contributed by atoms with Gasteiger partial charge in [-0.2, -0.15) is 0 Å². The Bertz CT molecular complexity index is 1240. The molecule has 1 radical (unpaired) electrons. The second-order valence-electron chi connectivity index (χ2n) is 8.22. The third kappa shape index (κ3) is 3.86. The van der Waals surface area contributed by atoms with E-state index in [2.05, 4.69) is 16.9 Å². The molecule has 2 aromatic heterocycles. The summed E-state index contributed by atoms with van der Waals surface area (Å²) in [6.07, 6.45) is 4.25. The fraction of sp³-hybridized carbons (Fsp3) is 0.308. The van der Waals surface area contributed by atoms with Crippen molar-refractivity contribution in [2.24, 2.45) is 0 Å². The molecule has 1 saturated carbocycles. The van der Waals surface area contributed by atoms with E-state index in [-0.39, 0.29) is 11.9 Å². The molecule has 163 valence electrons. The zero-order chi connectivity index (χ0) is 22.1. The van der Waals surface area contributed by atoms with E-state index in [1.54, 1.807) is 18.2 Å². The Morgan fingerprint density at radius 1 is 1.09 bits per heavy atom. The fourth-order valence-corrected chi connectivity index (χ4v) is 4.38. The summed E-state index contributed by atoms with van der Waals surface area (Å²) in [7, 11) is 0. The van der Waals surface area contributed by atoms with Gasteiger partial charge in [-0.15, -0.1) is 0 Å². The molecule has 2 aromatic carbocycles. The number of ether oxygens (including phenoxy) is 1. The van der Waals surface area contributed by atoms with Gasteiger partial charge < -0.3 is 9.15 Å². The van der Waals surface area contributed by atoms with Gasteiger partial charge >= 0.3 is 0 Å². The highest BCUT2D eigenvalue weighted by Gasteiger charge is 2.28. The number of aromatic nitrogens is 2. The van der Waals surface area contributed by atoms with Crippen molar-refractivity contribution in [2.75, 3.05) is 0 Å². The van der Waals surface area contributed by atoms with Gasteiger partial charge in [0.15, 0.2) is 0 Å². The van der Waals surface area contributed by atoms with Gasteiger partial charge in [-0.1, -0.05) is 43.3 Å². The number of nitrogens with zero attached hydrogens (tertiary/aromatic N) is 2. The highest BCUT2D eigenvalue weighted by Crippen LogP contribution is 2.44. The summed E-state index contributed by atoms with van der Waals surface area (Å²) in [6.45, 7) is 2.10. The van der Waals surface area contributed by atoms with E-state index in [1.165, 1.54) is 18.0 Å². The van der Waals surface area contributed by atoms with Gasteiger partial charge in [0.25, 0.3) is 0 Å². The topological polar surface area (TPSA) is 68.1 Å². The van der Waals surface area contributed by atoms with Crippen molar-refractivity contribution < 1.29 is 18.7 Å². The number of aryl methyl sites for hydroxylation is 1. The molecule has 0 spiro atoms. The Labute approximate surface area is 185 Å². The largest absolute Gasteiger partial charge is 0.474 e. The lowest BCUT2D eigenvalue weighted by atomic mass is 9.95. The SMILES string of the molecule is CCc1ccc(-c2c(-c3ccccc3F)oc3ncnc(O[C@H]4CCC[C@@H]([O])C4)c23)cc1. The van der Waals surface area contributed by atoms with Gasteiger partial charge in [0.1, 0.15) is 29.4 Å².